The molecular weight excluding hydrogens is 398 g/mol. The maximum atomic E-state index is 11.9. The largest absolute Gasteiger partial charge is 0.343 e. The summed E-state index contributed by atoms with van der Waals surface area (Å²) < 4.78 is 23.3. The zero-order valence-corrected chi connectivity index (χ0v) is 14.7. The number of halogens is 1. The Hall–Kier alpha value is -2.23. The van der Waals surface area contributed by atoms with Crippen molar-refractivity contribution in [3.63, 3.8) is 0 Å². The van der Waals surface area contributed by atoms with Crippen LogP contribution in [0.25, 0.3) is 0 Å². The van der Waals surface area contributed by atoms with Gasteiger partial charge in [-0.05, 0) is 36.4 Å². The first-order valence-electron chi connectivity index (χ1n) is 6.72. The molecule has 7 nitrogen and oxygen atoms in total. The number of carbonyl (C=O) groups is 2. The summed E-state index contributed by atoms with van der Waals surface area (Å²) in [4.78, 5) is 23.7. The highest BCUT2D eigenvalue weighted by Gasteiger charge is 2.11. The van der Waals surface area contributed by atoms with Crippen molar-refractivity contribution in [2.75, 3.05) is 11.9 Å². The van der Waals surface area contributed by atoms with E-state index in [2.05, 4.69) is 26.6 Å². The van der Waals surface area contributed by atoms with Gasteiger partial charge in [0.15, 0.2) is 0 Å². The number of carbonyl (C=O) groups excluding carboxylic acids is 2. The normalized spacial score (nSPS) is 10.9. The van der Waals surface area contributed by atoms with Crippen molar-refractivity contribution in [2.24, 2.45) is 5.14 Å². The minimum atomic E-state index is -3.85. The Labute approximate surface area is 147 Å². The molecule has 0 unspecified atom stereocenters. The molecule has 0 aliphatic heterocycles. The Bertz CT molecular complexity index is 884. The molecule has 0 saturated heterocycles. The molecular formula is C15H14BrN3O4S. The Morgan fingerprint density at radius 2 is 1.79 bits per heavy atom. The Morgan fingerprint density at radius 3 is 2.46 bits per heavy atom. The van der Waals surface area contributed by atoms with Crippen molar-refractivity contribution in [1.29, 1.82) is 0 Å². The Morgan fingerprint density at radius 1 is 1.08 bits per heavy atom. The molecule has 0 atom stereocenters. The zero-order chi connectivity index (χ0) is 17.7. The number of benzene rings is 2. The standard InChI is InChI=1S/C15H14BrN3O4S/c16-11-4-1-3-10(7-11)15(21)18-9-14(20)19-12-5-2-6-13(8-12)24(17,22)23/h1-8H,9H2,(H,18,21)(H,19,20)(H2,17,22,23). The molecule has 2 aromatic rings. The van der Waals surface area contributed by atoms with E-state index in [1.807, 2.05) is 0 Å². The number of sulfonamides is 1. The molecule has 9 heteroatoms. The first kappa shape index (κ1) is 18.1. The second kappa shape index (κ2) is 7.56. The van der Waals surface area contributed by atoms with Crippen LogP contribution in [0.5, 0.6) is 0 Å². The van der Waals surface area contributed by atoms with Gasteiger partial charge in [-0.15, -0.1) is 0 Å². The van der Waals surface area contributed by atoms with Crippen LogP contribution in [0.15, 0.2) is 57.9 Å². The van der Waals surface area contributed by atoms with E-state index < -0.39 is 21.8 Å². The lowest BCUT2D eigenvalue weighted by Crippen LogP contribution is -2.32. The highest BCUT2D eigenvalue weighted by Crippen LogP contribution is 2.14. The highest BCUT2D eigenvalue weighted by atomic mass is 79.9. The van der Waals surface area contributed by atoms with Crippen molar-refractivity contribution in [3.05, 3.63) is 58.6 Å². The topological polar surface area (TPSA) is 118 Å². The molecule has 0 aromatic heterocycles. The predicted octanol–water partition coefficient (Wildman–Crippen LogP) is 1.47. The summed E-state index contributed by atoms with van der Waals surface area (Å²) in [5.74, 6) is -0.894. The fourth-order valence-corrected chi connectivity index (χ4v) is 2.81. The van der Waals surface area contributed by atoms with E-state index >= 15 is 0 Å². The molecule has 2 amide bonds. The van der Waals surface area contributed by atoms with Crippen LogP contribution in [0.2, 0.25) is 0 Å². The quantitative estimate of drug-likeness (QED) is 0.689. The first-order valence-corrected chi connectivity index (χ1v) is 9.06. The lowest BCUT2D eigenvalue weighted by Gasteiger charge is -2.08. The molecule has 24 heavy (non-hydrogen) atoms. The molecule has 0 saturated carbocycles. The van der Waals surface area contributed by atoms with Gasteiger partial charge in [0.25, 0.3) is 5.91 Å². The summed E-state index contributed by atoms with van der Waals surface area (Å²) in [6.07, 6.45) is 0. The van der Waals surface area contributed by atoms with Crippen molar-refractivity contribution >= 4 is 43.5 Å². The second-order valence-corrected chi connectivity index (χ2v) is 7.29. The highest BCUT2D eigenvalue weighted by molar-refractivity contribution is 9.10. The van der Waals surface area contributed by atoms with Gasteiger partial charge in [0.05, 0.1) is 11.4 Å². The summed E-state index contributed by atoms with van der Waals surface area (Å²) in [5, 5.41) is 10.00. The van der Waals surface area contributed by atoms with Crippen LogP contribution in [-0.2, 0) is 14.8 Å². The summed E-state index contributed by atoms with van der Waals surface area (Å²) in [6.45, 7) is -0.259. The van der Waals surface area contributed by atoms with E-state index in [9.17, 15) is 18.0 Å². The third kappa shape index (κ3) is 5.15. The fraction of sp³-hybridized carbons (Fsp3) is 0.0667. The molecule has 0 radical (unpaired) electrons. The van der Waals surface area contributed by atoms with Crippen LogP contribution in [-0.4, -0.2) is 26.8 Å². The maximum absolute atomic E-state index is 11.9. The minimum absolute atomic E-state index is 0.113. The molecule has 4 N–H and O–H groups in total. The fourth-order valence-electron chi connectivity index (χ4n) is 1.85. The Balaban J connectivity index is 1.95. The van der Waals surface area contributed by atoms with Gasteiger partial charge in [-0.25, -0.2) is 13.6 Å². The average Bonchev–Trinajstić information content (AvgIpc) is 2.52. The number of amides is 2. The van der Waals surface area contributed by atoms with Gasteiger partial charge in [-0.1, -0.05) is 28.1 Å². The summed E-state index contributed by atoms with van der Waals surface area (Å²) >= 11 is 3.26. The second-order valence-electron chi connectivity index (χ2n) is 4.81. The summed E-state index contributed by atoms with van der Waals surface area (Å²) in [6, 6.07) is 12.3. The van der Waals surface area contributed by atoms with Crippen LogP contribution < -0.4 is 15.8 Å². The number of nitrogens with one attached hydrogen (secondary N) is 2. The third-order valence-electron chi connectivity index (χ3n) is 2.94. The maximum Gasteiger partial charge on any atom is 0.251 e. The molecule has 2 aromatic carbocycles. The monoisotopic (exact) mass is 411 g/mol. The van der Waals surface area contributed by atoms with Crippen LogP contribution in [0, 0.1) is 0 Å². The zero-order valence-electron chi connectivity index (χ0n) is 12.3. The molecule has 126 valence electrons. The van der Waals surface area contributed by atoms with Crippen molar-refractivity contribution in [3.8, 4) is 0 Å². The minimum Gasteiger partial charge on any atom is -0.343 e. The predicted molar refractivity (Wildman–Crippen MR) is 92.9 cm³/mol. The van der Waals surface area contributed by atoms with Gasteiger partial charge in [0.2, 0.25) is 15.9 Å². The number of nitrogens with two attached hydrogens (primary N) is 1. The van der Waals surface area contributed by atoms with Crippen molar-refractivity contribution < 1.29 is 18.0 Å². The number of primary sulfonamides is 1. The SMILES string of the molecule is NS(=O)(=O)c1cccc(NC(=O)CNC(=O)c2cccc(Br)c2)c1. The van der Waals surface area contributed by atoms with Crippen molar-refractivity contribution in [2.45, 2.75) is 4.90 Å². The summed E-state index contributed by atoms with van der Waals surface area (Å²) in [5.41, 5.74) is 0.677. The van der Waals surface area contributed by atoms with E-state index in [1.165, 1.54) is 24.3 Å². The number of rotatable bonds is 5. The molecule has 0 spiro atoms. The van der Waals surface area contributed by atoms with Crippen LogP contribution in [0.3, 0.4) is 0 Å². The van der Waals surface area contributed by atoms with Gasteiger partial charge < -0.3 is 10.6 Å². The van der Waals surface area contributed by atoms with E-state index in [0.717, 1.165) is 4.47 Å². The smallest absolute Gasteiger partial charge is 0.251 e. The van der Waals surface area contributed by atoms with Gasteiger partial charge >= 0.3 is 0 Å². The van der Waals surface area contributed by atoms with E-state index in [1.54, 1.807) is 24.3 Å². The molecule has 0 aliphatic carbocycles. The van der Waals surface area contributed by atoms with Crippen LogP contribution >= 0.6 is 15.9 Å². The molecule has 2 rings (SSSR count). The average molecular weight is 412 g/mol. The van der Waals surface area contributed by atoms with Crippen LogP contribution in [0.1, 0.15) is 10.4 Å². The van der Waals surface area contributed by atoms with Gasteiger partial charge in [-0.2, -0.15) is 0 Å². The molecule has 0 fully saturated rings. The van der Waals surface area contributed by atoms with E-state index in [4.69, 9.17) is 5.14 Å². The lowest BCUT2D eigenvalue weighted by atomic mass is 10.2. The number of hydrogen-bond acceptors (Lipinski definition) is 4. The number of hydrogen-bond donors (Lipinski definition) is 3. The van der Waals surface area contributed by atoms with Gasteiger partial charge in [0.1, 0.15) is 0 Å². The van der Waals surface area contributed by atoms with Gasteiger partial charge in [0, 0.05) is 15.7 Å². The van der Waals surface area contributed by atoms with E-state index in [-0.39, 0.29) is 17.1 Å². The summed E-state index contributed by atoms with van der Waals surface area (Å²) in [7, 11) is -3.85. The molecule has 0 heterocycles. The lowest BCUT2D eigenvalue weighted by molar-refractivity contribution is -0.115. The van der Waals surface area contributed by atoms with Crippen LogP contribution in [0.4, 0.5) is 5.69 Å². The van der Waals surface area contributed by atoms with E-state index in [0.29, 0.717) is 5.56 Å². The van der Waals surface area contributed by atoms with Gasteiger partial charge in [-0.3, -0.25) is 9.59 Å². The third-order valence-corrected chi connectivity index (χ3v) is 4.35. The van der Waals surface area contributed by atoms with Crippen molar-refractivity contribution in [1.82, 2.24) is 5.32 Å². The number of anilines is 1. The Kier molecular flexibility index (Phi) is 5.71. The molecule has 0 aliphatic rings. The molecule has 0 bridgehead atoms. The first-order chi connectivity index (χ1) is 11.3.